The highest BCUT2D eigenvalue weighted by molar-refractivity contribution is 5.90. The quantitative estimate of drug-likeness (QED) is 0.590. The SMILES string of the molecule is Cc1[nH]nc(CCN)c1C(=O)O. The largest absolute Gasteiger partial charge is 0.478 e. The molecule has 12 heavy (non-hydrogen) atoms. The minimum Gasteiger partial charge on any atom is -0.478 e. The van der Waals surface area contributed by atoms with Crippen LogP contribution in [-0.2, 0) is 6.42 Å². The van der Waals surface area contributed by atoms with E-state index in [1.165, 1.54) is 0 Å². The summed E-state index contributed by atoms with van der Waals surface area (Å²) < 4.78 is 0. The molecule has 0 aliphatic heterocycles. The average Bonchev–Trinajstić information content (AvgIpc) is 2.32. The molecule has 0 saturated carbocycles. The Morgan fingerprint density at radius 2 is 2.42 bits per heavy atom. The number of aromatic nitrogens is 2. The number of nitrogens with zero attached hydrogens (tertiary/aromatic N) is 1. The van der Waals surface area contributed by atoms with Gasteiger partial charge in [-0.05, 0) is 13.5 Å². The van der Waals surface area contributed by atoms with Gasteiger partial charge < -0.3 is 10.8 Å². The van der Waals surface area contributed by atoms with Crippen LogP contribution in [0.4, 0.5) is 0 Å². The van der Waals surface area contributed by atoms with Crippen molar-refractivity contribution in [2.24, 2.45) is 5.73 Å². The Hall–Kier alpha value is -1.36. The Bertz CT molecular complexity index is 293. The molecule has 0 aliphatic rings. The maximum Gasteiger partial charge on any atom is 0.339 e. The highest BCUT2D eigenvalue weighted by Crippen LogP contribution is 2.10. The number of carboxylic acid groups (broad SMARTS) is 1. The molecule has 1 aromatic heterocycles. The normalized spacial score (nSPS) is 10.2. The van der Waals surface area contributed by atoms with Gasteiger partial charge in [0, 0.05) is 12.1 Å². The summed E-state index contributed by atoms with van der Waals surface area (Å²) in [6.45, 7) is 2.08. The maximum absolute atomic E-state index is 10.7. The summed E-state index contributed by atoms with van der Waals surface area (Å²) >= 11 is 0. The number of hydrogen-bond acceptors (Lipinski definition) is 3. The first kappa shape index (κ1) is 8.73. The van der Waals surface area contributed by atoms with Crippen molar-refractivity contribution in [1.29, 1.82) is 0 Å². The lowest BCUT2D eigenvalue weighted by molar-refractivity contribution is 0.0695. The standard InChI is InChI=1S/C7H11N3O2/c1-4-6(7(11)12)5(2-3-8)10-9-4/h2-3,8H2,1H3,(H,9,10)(H,11,12). The van der Waals surface area contributed by atoms with Gasteiger partial charge in [-0.25, -0.2) is 4.79 Å². The third kappa shape index (κ3) is 1.45. The first-order chi connectivity index (χ1) is 5.66. The Kier molecular flexibility index (Phi) is 2.44. The smallest absolute Gasteiger partial charge is 0.339 e. The van der Waals surface area contributed by atoms with E-state index in [2.05, 4.69) is 10.2 Å². The van der Waals surface area contributed by atoms with Gasteiger partial charge in [-0.2, -0.15) is 5.10 Å². The number of carboxylic acids is 1. The van der Waals surface area contributed by atoms with Gasteiger partial charge in [0.1, 0.15) is 5.56 Å². The Labute approximate surface area is 69.6 Å². The topological polar surface area (TPSA) is 92.0 Å². The summed E-state index contributed by atoms with van der Waals surface area (Å²) in [6.07, 6.45) is 0.492. The van der Waals surface area contributed by atoms with Crippen LogP contribution in [0.5, 0.6) is 0 Å². The van der Waals surface area contributed by atoms with Gasteiger partial charge in [0.05, 0.1) is 5.69 Å². The molecule has 0 aliphatic carbocycles. The maximum atomic E-state index is 10.7. The van der Waals surface area contributed by atoms with Crippen molar-refractivity contribution in [2.75, 3.05) is 6.54 Å². The second-order valence-corrected chi connectivity index (χ2v) is 2.51. The van der Waals surface area contributed by atoms with E-state index in [9.17, 15) is 4.79 Å². The fraction of sp³-hybridized carbons (Fsp3) is 0.429. The lowest BCUT2D eigenvalue weighted by Crippen LogP contribution is -2.08. The Balaban J connectivity index is 3.04. The molecule has 0 bridgehead atoms. The monoisotopic (exact) mass is 169 g/mol. The van der Waals surface area contributed by atoms with Crippen LogP contribution < -0.4 is 5.73 Å². The number of carbonyl (C=O) groups is 1. The number of H-pyrrole nitrogens is 1. The van der Waals surface area contributed by atoms with Crippen molar-refractivity contribution in [1.82, 2.24) is 10.2 Å². The van der Waals surface area contributed by atoms with E-state index >= 15 is 0 Å². The van der Waals surface area contributed by atoms with E-state index in [0.29, 0.717) is 24.4 Å². The molecule has 1 rings (SSSR count). The first-order valence-electron chi connectivity index (χ1n) is 3.64. The van der Waals surface area contributed by atoms with Gasteiger partial charge in [0.25, 0.3) is 0 Å². The molecular formula is C7H11N3O2. The van der Waals surface area contributed by atoms with E-state index in [4.69, 9.17) is 10.8 Å². The second-order valence-electron chi connectivity index (χ2n) is 2.51. The molecule has 0 fully saturated rings. The Morgan fingerprint density at radius 3 is 2.92 bits per heavy atom. The third-order valence-corrected chi connectivity index (χ3v) is 1.62. The molecule has 1 aromatic rings. The lowest BCUT2D eigenvalue weighted by atomic mass is 10.1. The number of nitrogens with two attached hydrogens (primary N) is 1. The molecule has 0 unspecified atom stereocenters. The van der Waals surface area contributed by atoms with Crippen molar-refractivity contribution >= 4 is 5.97 Å². The van der Waals surface area contributed by atoms with Gasteiger partial charge in [0.15, 0.2) is 0 Å². The second kappa shape index (κ2) is 3.36. The molecule has 0 spiro atoms. The molecule has 1 heterocycles. The molecule has 4 N–H and O–H groups in total. The van der Waals surface area contributed by atoms with Gasteiger partial charge in [-0.15, -0.1) is 0 Å². The molecule has 0 saturated heterocycles. The summed E-state index contributed by atoms with van der Waals surface area (Å²) in [7, 11) is 0. The summed E-state index contributed by atoms with van der Waals surface area (Å²) in [4.78, 5) is 10.7. The average molecular weight is 169 g/mol. The van der Waals surface area contributed by atoms with Crippen LogP contribution in [-0.4, -0.2) is 27.8 Å². The van der Waals surface area contributed by atoms with E-state index in [1.54, 1.807) is 6.92 Å². The molecule has 0 aromatic carbocycles. The number of hydrogen-bond donors (Lipinski definition) is 3. The van der Waals surface area contributed by atoms with Gasteiger partial charge in [-0.1, -0.05) is 0 Å². The van der Waals surface area contributed by atoms with E-state index in [-0.39, 0.29) is 5.56 Å². The predicted molar refractivity (Wildman–Crippen MR) is 43.0 cm³/mol. The van der Waals surface area contributed by atoms with Crippen molar-refractivity contribution in [3.05, 3.63) is 17.0 Å². The van der Waals surface area contributed by atoms with Crippen LogP contribution in [0.25, 0.3) is 0 Å². The van der Waals surface area contributed by atoms with Gasteiger partial charge in [0.2, 0.25) is 0 Å². The summed E-state index contributed by atoms with van der Waals surface area (Å²) in [5.74, 6) is -0.954. The fourth-order valence-corrected chi connectivity index (χ4v) is 1.08. The van der Waals surface area contributed by atoms with Crippen molar-refractivity contribution in [3.8, 4) is 0 Å². The lowest BCUT2D eigenvalue weighted by Gasteiger charge is -1.94. The highest BCUT2D eigenvalue weighted by atomic mass is 16.4. The van der Waals surface area contributed by atoms with Crippen LogP contribution in [0, 0.1) is 6.92 Å². The highest BCUT2D eigenvalue weighted by Gasteiger charge is 2.15. The zero-order chi connectivity index (χ0) is 9.14. The predicted octanol–water partition coefficient (Wildman–Crippen LogP) is -0.0825. The van der Waals surface area contributed by atoms with Crippen LogP contribution in [0.3, 0.4) is 0 Å². The van der Waals surface area contributed by atoms with Crippen LogP contribution >= 0.6 is 0 Å². The molecule has 0 amide bonds. The third-order valence-electron chi connectivity index (χ3n) is 1.62. The number of aryl methyl sites for hydroxylation is 1. The molecule has 5 nitrogen and oxygen atoms in total. The Morgan fingerprint density at radius 1 is 1.75 bits per heavy atom. The molecule has 0 atom stereocenters. The summed E-state index contributed by atoms with van der Waals surface area (Å²) in [5.41, 5.74) is 6.65. The van der Waals surface area contributed by atoms with E-state index < -0.39 is 5.97 Å². The summed E-state index contributed by atoms with van der Waals surface area (Å²) in [6, 6.07) is 0. The van der Waals surface area contributed by atoms with Crippen molar-refractivity contribution < 1.29 is 9.90 Å². The van der Waals surface area contributed by atoms with Gasteiger partial charge >= 0.3 is 5.97 Å². The van der Waals surface area contributed by atoms with E-state index in [0.717, 1.165) is 0 Å². The number of rotatable bonds is 3. The number of aromatic carboxylic acids is 1. The minimum atomic E-state index is -0.954. The zero-order valence-corrected chi connectivity index (χ0v) is 6.79. The van der Waals surface area contributed by atoms with Crippen LogP contribution in [0.1, 0.15) is 21.7 Å². The minimum absolute atomic E-state index is 0.250. The molecule has 0 radical (unpaired) electrons. The molecule has 5 heteroatoms. The fourth-order valence-electron chi connectivity index (χ4n) is 1.08. The van der Waals surface area contributed by atoms with Gasteiger partial charge in [-0.3, -0.25) is 5.10 Å². The van der Waals surface area contributed by atoms with Crippen LogP contribution in [0.2, 0.25) is 0 Å². The molecular weight excluding hydrogens is 158 g/mol. The number of nitrogens with one attached hydrogen (secondary N) is 1. The first-order valence-corrected chi connectivity index (χ1v) is 3.64. The van der Waals surface area contributed by atoms with Crippen molar-refractivity contribution in [3.63, 3.8) is 0 Å². The summed E-state index contributed by atoms with van der Waals surface area (Å²) in [5, 5.41) is 15.2. The van der Waals surface area contributed by atoms with E-state index in [1.807, 2.05) is 0 Å². The molecule has 66 valence electrons. The zero-order valence-electron chi connectivity index (χ0n) is 6.79. The number of aromatic amines is 1. The van der Waals surface area contributed by atoms with Crippen LogP contribution in [0.15, 0.2) is 0 Å². The van der Waals surface area contributed by atoms with Crippen molar-refractivity contribution in [2.45, 2.75) is 13.3 Å².